The van der Waals surface area contributed by atoms with Crippen molar-refractivity contribution in [1.82, 2.24) is 4.98 Å². The average molecular weight is 221 g/mol. The van der Waals surface area contributed by atoms with E-state index in [1.807, 2.05) is 0 Å². The highest BCUT2D eigenvalue weighted by molar-refractivity contribution is 5.71. The third-order valence-electron chi connectivity index (χ3n) is 1.97. The second kappa shape index (κ2) is 3.54. The fraction of sp³-hybridized carbons (Fsp3) is 0. The summed E-state index contributed by atoms with van der Waals surface area (Å²) in [5, 5.41) is 20.0. The van der Waals surface area contributed by atoms with E-state index in [1.165, 1.54) is 24.4 Å². The van der Waals surface area contributed by atoms with Crippen LogP contribution in [-0.4, -0.2) is 15.0 Å². The summed E-state index contributed by atoms with van der Waals surface area (Å²) in [6.45, 7) is 0. The maximum Gasteiger partial charge on any atom is 0.292 e. The number of nitro benzene ring substituents is 1. The second-order valence-corrected chi connectivity index (χ2v) is 3.02. The van der Waals surface area contributed by atoms with Crippen molar-refractivity contribution in [2.24, 2.45) is 0 Å². The zero-order chi connectivity index (χ0) is 11.7. The molecule has 82 valence electrons. The van der Waals surface area contributed by atoms with Gasteiger partial charge >= 0.3 is 0 Å². The van der Waals surface area contributed by atoms with Crippen LogP contribution in [0.2, 0.25) is 0 Å². The van der Waals surface area contributed by atoms with Crippen LogP contribution in [0.3, 0.4) is 0 Å². The van der Waals surface area contributed by atoms with Crippen molar-refractivity contribution in [3.8, 4) is 17.1 Å². The molecule has 0 aliphatic heterocycles. The largest absolute Gasteiger partial charge is 0.508 e. The van der Waals surface area contributed by atoms with Crippen molar-refractivity contribution in [3.05, 3.63) is 34.5 Å². The van der Waals surface area contributed by atoms with Gasteiger partial charge < -0.3 is 15.3 Å². The third kappa shape index (κ3) is 1.65. The zero-order valence-corrected chi connectivity index (χ0v) is 7.95. The molecule has 0 aliphatic carbocycles. The molecule has 0 saturated heterocycles. The Balaban J connectivity index is 2.62. The first kappa shape index (κ1) is 9.97. The molecule has 1 aromatic carbocycles. The monoisotopic (exact) mass is 221 g/mol. The first-order valence-electron chi connectivity index (χ1n) is 4.27. The summed E-state index contributed by atoms with van der Waals surface area (Å²) >= 11 is 0. The van der Waals surface area contributed by atoms with Gasteiger partial charge in [-0.15, -0.1) is 0 Å². The van der Waals surface area contributed by atoms with Gasteiger partial charge in [-0.05, 0) is 12.1 Å². The first-order valence-corrected chi connectivity index (χ1v) is 4.27. The van der Waals surface area contributed by atoms with Gasteiger partial charge in [0.25, 0.3) is 11.7 Å². The van der Waals surface area contributed by atoms with Gasteiger partial charge in [0.15, 0.2) is 5.76 Å². The van der Waals surface area contributed by atoms with Gasteiger partial charge in [-0.1, -0.05) is 0 Å². The van der Waals surface area contributed by atoms with Crippen molar-refractivity contribution < 1.29 is 14.4 Å². The Morgan fingerprint density at radius 2 is 2.25 bits per heavy atom. The fourth-order valence-electron chi connectivity index (χ4n) is 1.29. The molecular weight excluding hydrogens is 214 g/mol. The molecule has 2 aromatic rings. The maximum atomic E-state index is 10.7. The van der Waals surface area contributed by atoms with Crippen LogP contribution >= 0.6 is 0 Å². The summed E-state index contributed by atoms with van der Waals surface area (Å²) in [5.41, 5.74) is 5.22. The van der Waals surface area contributed by atoms with E-state index < -0.39 is 4.92 Å². The Morgan fingerprint density at radius 1 is 1.50 bits per heavy atom. The molecule has 0 radical (unpaired) electrons. The summed E-state index contributed by atoms with van der Waals surface area (Å²) in [6, 6.07) is 3.54. The smallest absolute Gasteiger partial charge is 0.292 e. The summed E-state index contributed by atoms with van der Waals surface area (Å²) in [6.07, 6.45) is 1.26. The Bertz CT molecular complexity index is 549. The lowest BCUT2D eigenvalue weighted by Crippen LogP contribution is -1.90. The SMILES string of the molecule is Nc1ncc(-c2cc(O)ccc2[N+](=O)[O-])o1. The number of oxazole rings is 1. The number of anilines is 1. The minimum Gasteiger partial charge on any atom is -0.508 e. The van der Waals surface area contributed by atoms with E-state index in [-0.39, 0.29) is 28.8 Å². The Hall–Kier alpha value is -2.57. The number of nitrogen functional groups attached to an aromatic ring is 1. The standard InChI is InChI=1S/C9H7N3O4/c10-9-11-4-8(16-9)6-3-5(13)1-2-7(6)12(14)15/h1-4,13H,(H2,10,11). The van der Waals surface area contributed by atoms with Gasteiger partial charge in [-0.25, -0.2) is 4.98 Å². The van der Waals surface area contributed by atoms with Crippen LogP contribution < -0.4 is 5.73 Å². The molecule has 3 N–H and O–H groups in total. The van der Waals surface area contributed by atoms with Crippen LogP contribution in [0.25, 0.3) is 11.3 Å². The van der Waals surface area contributed by atoms with Gasteiger partial charge in [0, 0.05) is 6.07 Å². The molecule has 0 amide bonds. The van der Waals surface area contributed by atoms with Crippen LogP contribution in [0.4, 0.5) is 11.7 Å². The summed E-state index contributed by atoms with van der Waals surface area (Å²) < 4.78 is 4.97. The molecule has 0 fully saturated rings. The predicted octanol–water partition coefficient (Wildman–Crippen LogP) is 1.54. The van der Waals surface area contributed by atoms with E-state index in [4.69, 9.17) is 10.2 Å². The molecule has 2 rings (SSSR count). The number of nitrogens with two attached hydrogens (primary N) is 1. The summed E-state index contributed by atoms with van der Waals surface area (Å²) in [4.78, 5) is 13.8. The van der Waals surface area contributed by atoms with Crippen molar-refractivity contribution in [2.75, 3.05) is 5.73 Å². The molecule has 0 unspecified atom stereocenters. The van der Waals surface area contributed by atoms with Crippen LogP contribution in [0.1, 0.15) is 0 Å². The van der Waals surface area contributed by atoms with Gasteiger partial charge in [0.1, 0.15) is 11.3 Å². The number of aromatic hydroxyl groups is 1. The number of benzene rings is 1. The Kier molecular flexibility index (Phi) is 2.20. The fourth-order valence-corrected chi connectivity index (χ4v) is 1.29. The number of phenols is 1. The number of nitrogens with zero attached hydrogens (tertiary/aromatic N) is 2. The van der Waals surface area contributed by atoms with Gasteiger partial charge in [0.2, 0.25) is 0 Å². The van der Waals surface area contributed by atoms with E-state index in [1.54, 1.807) is 0 Å². The lowest BCUT2D eigenvalue weighted by Gasteiger charge is -1.99. The van der Waals surface area contributed by atoms with Gasteiger partial charge in [-0.2, -0.15) is 0 Å². The quantitative estimate of drug-likeness (QED) is 0.586. The maximum absolute atomic E-state index is 10.7. The molecule has 0 saturated carbocycles. The molecule has 1 heterocycles. The summed E-state index contributed by atoms with van der Waals surface area (Å²) in [5.74, 6) is 0.0377. The van der Waals surface area contributed by atoms with Gasteiger partial charge in [-0.3, -0.25) is 10.1 Å². The molecule has 0 spiro atoms. The number of hydrogen-bond acceptors (Lipinski definition) is 6. The van der Waals surface area contributed by atoms with E-state index in [0.29, 0.717) is 0 Å². The predicted molar refractivity (Wildman–Crippen MR) is 54.7 cm³/mol. The van der Waals surface area contributed by atoms with E-state index in [2.05, 4.69) is 4.98 Å². The minimum atomic E-state index is -0.576. The van der Waals surface area contributed by atoms with Crippen LogP contribution in [0.15, 0.2) is 28.8 Å². The third-order valence-corrected chi connectivity index (χ3v) is 1.97. The molecular formula is C9H7N3O4. The minimum absolute atomic E-state index is 0.0901. The average Bonchev–Trinajstić information content (AvgIpc) is 2.64. The van der Waals surface area contributed by atoms with Gasteiger partial charge in [0.05, 0.1) is 11.1 Å². The van der Waals surface area contributed by atoms with Crippen molar-refractivity contribution in [3.63, 3.8) is 0 Å². The second-order valence-electron chi connectivity index (χ2n) is 3.02. The normalized spacial score (nSPS) is 10.2. The first-order chi connectivity index (χ1) is 7.58. The van der Waals surface area contributed by atoms with Crippen LogP contribution in [0, 0.1) is 10.1 Å². The molecule has 16 heavy (non-hydrogen) atoms. The zero-order valence-electron chi connectivity index (χ0n) is 7.95. The highest BCUT2D eigenvalue weighted by Gasteiger charge is 2.18. The van der Waals surface area contributed by atoms with E-state index in [9.17, 15) is 15.2 Å². The lowest BCUT2D eigenvalue weighted by molar-refractivity contribution is -0.384. The van der Waals surface area contributed by atoms with Crippen LogP contribution in [-0.2, 0) is 0 Å². The lowest BCUT2D eigenvalue weighted by atomic mass is 10.1. The number of aromatic nitrogens is 1. The van der Waals surface area contributed by atoms with E-state index in [0.717, 1.165) is 0 Å². The molecule has 1 aromatic heterocycles. The molecule has 0 bridgehead atoms. The molecule has 7 heteroatoms. The number of hydrogen-bond donors (Lipinski definition) is 2. The Labute approximate surface area is 89.3 Å². The highest BCUT2D eigenvalue weighted by atomic mass is 16.6. The van der Waals surface area contributed by atoms with Crippen molar-refractivity contribution in [2.45, 2.75) is 0 Å². The van der Waals surface area contributed by atoms with Crippen molar-refractivity contribution in [1.29, 1.82) is 0 Å². The van der Waals surface area contributed by atoms with E-state index >= 15 is 0 Å². The molecule has 0 atom stereocenters. The van der Waals surface area contributed by atoms with Crippen molar-refractivity contribution >= 4 is 11.7 Å². The Morgan fingerprint density at radius 3 is 2.81 bits per heavy atom. The molecule has 7 nitrogen and oxygen atoms in total. The number of rotatable bonds is 2. The number of nitro groups is 1. The highest BCUT2D eigenvalue weighted by Crippen LogP contribution is 2.33. The van der Waals surface area contributed by atoms with Crippen LogP contribution in [0.5, 0.6) is 5.75 Å². The number of phenolic OH excluding ortho intramolecular Hbond substituents is 1. The summed E-state index contributed by atoms with van der Waals surface area (Å²) in [7, 11) is 0. The topological polar surface area (TPSA) is 115 Å². The molecule has 0 aliphatic rings.